The number of hydrogen-bond acceptors (Lipinski definition) is 3. The number of carbonyl (C=O) groups excluding carboxylic acids is 1. The van der Waals surface area contributed by atoms with Crippen molar-refractivity contribution < 1.29 is 19.8 Å². The highest BCUT2D eigenvalue weighted by Gasteiger charge is 2.29. The van der Waals surface area contributed by atoms with Crippen LogP contribution >= 0.6 is 0 Å². The van der Waals surface area contributed by atoms with Gasteiger partial charge in [0.1, 0.15) is 0 Å². The van der Waals surface area contributed by atoms with Crippen molar-refractivity contribution in [2.75, 3.05) is 0 Å². The lowest BCUT2D eigenvalue weighted by Crippen LogP contribution is -2.27. The Balaban J connectivity index is 2.45. The maximum absolute atomic E-state index is 12.1. The number of ketones is 1. The number of unbranched alkanes of at least 4 members (excludes halogenated alkanes) is 4. The second-order valence-electron chi connectivity index (χ2n) is 8.21. The van der Waals surface area contributed by atoms with Crippen molar-refractivity contribution in [3.05, 3.63) is 24.3 Å². The summed E-state index contributed by atoms with van der Waals surface area (Å²) in [6.45, 7) is 6.32. The van der Waals surface area contributed by atoms with Gasteiger partial charge in [0.05, 0.1) is 6.10 Å². The van der Waals surface area contributed by atoms with Crippen LogP contribution in [0.25, 0.3) is 0 Å². The first kappa shape index (κ1) is 22.6. The molecule has 0 heterocycles. The summed E-state index contributed by atoms with van der Waals surface area (Å²) in [6.07, 6.45) is 14.7. The van der Waals surface area contributed by atoms with E-state index in [4.69, 9.17) is 5.11 Å². The van der Waals surface area contributed by atoms with E-state index in [0.717, 1.165) is 44.9 Å². The summed E-state index contributed by atoms with van der Waals surface area (Å²) in [5.74, 6) is -0.537. The third-order valence-corrected chi connectivity index (χ3v) is 5.46. The standard InChI is InChI=1S/C22H36O4/c1-4-5-16-22(2,3)20(24)15-13-17-12-14-19(23)18(17)10-8-6-7-9-11-21(25)26/h12-15,17-18,20,24H,4-11,16H2,1-3H3,(H,25,26)/b15-13+/t17-,18+,20+/m1/s1. The summed E-state index contributed by atoms with van der Waals surface area (Å²) in [7, 11) is 0. The third kappa shape index (κ3) is 7.86. The van der Waals surface area contributed by atoms with E-state index in [1.807, 2.05) is 18.2 Å². The molecular formula is C22H36O4. The number of rotatable bonds is 13. The number of hydrogen-bond donors (Lipinski definition) is 2. The minimum Gasteiger partial charge on any atom is -0.481 e. The Morgan fingerprint density at radius 1 is 1.23 bits per heavy atom. The van der Waals surface area contributed by atoms with Gasteiger partial charge in [0.25, 0.3) is 0 Å². The Kier molecular flexibility index (Phi) is 9.85. The van der Waals surface area contributed by atoms with Gasteiger partial charge in [-0.3, -0.25) is 9.59 Å². The first-order chi connectivity index (χ1) is 12.3. The van der Waals surface area contributed by atoms with Gasteiger partial charge in [-0.15, -0.1) is 0 Å². The molecule has 0 aromatic rings. The molecule has 4 heteroatoms. The summed E-state index contributed by atoms with van der Waals surface area (Å²) < 4.78 is 0. The van der Waals surface area contributed by atoms with Crippen LogP contribution in [0.3, 0.4) is 0 Å². The SMILES string of the molecule is CCCCC(C)(C)[C@@H](O)/C=C/[C@H]1C=CC(=O)[C@H]1CCCCCCC(=O)O. The van der Waals surface area contributed by atoms with Crippen LogP contribution in [0.15, 0.2) is 24.3 Å². The van der Waals surface area contributed by atoms with Crippen LogP contribution < -0.4 is 0 Å². The predicted molar refractivity (Wildman–Crippen MR) is 105 cm³/mol. The molecule has 0 aromatic heterocycles. The molecule has 0 amide bonds. The highest BCUT2D eigenvalue weighted by atomic mass is 16.4. The van der Waals surface area contributed by atoms with Crippen LogP contribution in [-0.2, 0) is 9.59 Å². The highest BCUT2D eigenvalue weighted by molar-refractivity contribution is 5.94. The fourth-order valence-electron chi connectivity index (χ4n) is 3.45. The van der Waals surface area contributed by atoms with Crippen molar-refractivity contribution in [2.45, 2.75) is 84.7 Å². The van der Waals surface area contributed by atoms with Crippen LogP contribution in [0.5, 0.6) is 0 Å². The quantitative estimate of drug-likeness (QED) is 0.359. The molecule has 1 aliphatic rings. The number of allylic oxidation sites excluding steroid dienone is 3. The fourth-order valence-corrected chi connectivity index (χ4v) is 3.45. The number of carbonyl (C=O) groups is 2. The van der Waals surface area contributed by atoms with Crippen LogP contribution in [0.4, 0.5) is 0 Å². The van der Waals surface area contributed by atoms with E-state index in [-0.39, 0.29) is 29.5 Å². The van der Waals surface area contributed by atoms with Crippen molar-refractivity contribution in [3.63, 3.8) is 0 Å². The molecule has 0 aliphatic heterocycles. The number of aliphatic hydroxyl groups excluding tert-OH is 1. The Morgan fingerprint density at radius 3 is 2.58 bits per heavy atom. The molecule has 0 spiro atoms. The van der Waals surface area contributed by atoms with E-state index in [9.17, 15) is 14.7 Å². The van der Waals surface area contributed by atoms with Crippen molar-refractivity contribution in [2.24, 2.45) is 17.3 Å². The largest absolute Gasteiger partial charge is 0.481 e. The van der Waals surface area contributed by atoms with Gasteiger partial charge in [-0.25, -0.2) is 0 Å². The van der Waals surface area contributed by atoms with Crippen LogP contribution in [0, 0.1) is 17.3 Å². The Hall–Kier alpha value is -1.42. The molecule has 1 aliphatic carbocycles. The topological polar surface area (TPSA) is 74.6 Å². The first-order valence-corrected chi connectivity index (χ1v) is 10.1. The Morgan fingerprint density at radius 2 is 1.92 bits per heavy atom. The number of aliphatic carboxylic acids is 1. The molecule has 0 radical (unpaired) electrons. The van der Waals surface area contributed by atoms with E-state index >= 15 is 0 Å². The Bertz CT molecular complexity index is 504. The van der Waals surface area contributed by atoms with Gasteiger partial charge in [-0.1, -0.05) is 71.1 Å². The maximum Gasteiger partial charge on any atom is 0.303 e. The lowest BCUT2D eigenvalue weighted by Gasteiger charge is -2.29. The summed E-state index contributed by atoms with van der Waals surface area (Å²) >= 11 is 0. The molecule has 0 aromatic carbocycles. The molecule has 26 heavy (non-hydrogen) atoms. The number of carboxylic acid groups (broad SMARTS) is 1. The normalized spacial score (nSPS) is 21.6. The lowest BCUT2D eigenvalue weighted by molar-refractivity contribution is -0.137. The maximum atomic E-state index is 12.1. The zero-order valence-electron chi connectivity index (χ0n) is 16.6. The van der Waals surface area contributed by atoms with Crippen molar-refractivity contribution >= 4 is 11.8 Å². The van der Waals surface area contributed by atoms with E-state index in [2.05, 4.69) is 20.8 Å². The van der Waals surface area contributed by atoms with Gasteiger partial charge in [-0.05, 0) is 30.8 Å². The molecule has 0 saturated heterocycles. The van der Waals surface area contributed by atoms with E-state index in [0.29, 0.717) is 6.42 Å². The average Bonchev–Trinajstić information content (AvgIpc) is 2.93. The molecule has 1 rings (SSSR count). The van der Waals surface area contributed by atoms with Crippen molar-refractivity contribution in [1.29, 1.82) is 0 Å². The van der Waals surface area contributed by atoms with Gasteiger partial charge in [0.2, 0.25) is 0 Å². The molecular weight excluding hydrogens is 328 g/mol. The number of carboxylic acids is 1. The minimum atomic E-state index is -0.745. The fraction of sp³-hybridized carbons (Fsp3) is 0.727. The van der Waals surface area contributed by atoms with Crippen LogP contribution in [-0.4, -0.2) is 28.1 Å². The molecule has 0 fully saturated rings. The molecule has 2 N–H and O–H groups in total. The molecule has 0 unspecified atom stereocenters. The average molecular weight is 365 g/mol. The smallest absolute Gasteiger partial charge is 0.303 e. The third-order valence-electron chi connectivity index (χ3n) is 5.46. The first-order valence-electron chi connectivity index (χ1n) is 10.1. The van der Waals surface area contributed by atoms with Gasteiger partial charge in [0, 0.05) is 18.3 Å². The molecule has 148 valence electrons. The molecule has 0 bridgehead atoms. The minimum absolute atomic E-state index is 0.0309. The van der Waals surface area contributed by atoms with Crippen molar-refractivity contribution in [1.82, 2.24) is 0 Å². The summed E-state index contributed by atoms with van der Waals surface area (Å²) in [4.78, 5) is 22.6. The van der Waals surface area contributed by atoms with Gasteiger partial charge >= 0.3 is 5.97 Å². The Labute approximate surface area is 158 Å². The zero-order chi connectivity index (χ0) is 19.6. The van der Waals surface area contributed by atoms with Crippen molar-refractivity contribution in [3.8, 4) is 0 Å². The molecule has 0 saturated carbocycles. The van der Waals surface area contributed by atoms with Crippen LogP contribution in [0.1, 0.15) is 78.6 Å². The second kappa shape index (κ2) is 11.3. The zero-order valence-corrected chi connectivity index (χ0v) is 16.6. The molecule has 4 nitrogen and oxygen atoms in total. The van der Waals surface area contributed by atoms with Gasteiger partial charge in [0.15, 0.2) is 5.78 Å². The molecule has 3 atom stereocenters. The second-order valence-corrected chi connectivity index (χ2v) is 8.21. The van der Waals surface area contributed by atoms with E-state index in [1.165, 1.54) is 0 Å². The summed E-state index contributed by atoms with van der Waals surface area (Å²) in [6, 6.07) is 0. The monoisotopic (exact) mass is 364 g/mol. The van der Waals surface area contributed by atoms with Gasteiger partial charge < -0.3 is 10.2 Å². The predicted octanol–water partition coefficient (Wildman–Crippen LogP) is 4.92. The van der Waals surface area contributed by atoms with E-state index < -0.39 is 12.1 Å². The highest BCUT2D eigenvalue weighted by Crippen LogP contribution is 2.32. The lowest BCUT2D eigenvalue weighted by atomic mass is 9.80. The van der Waals surface area contributed by atoms with Crippen LogP contribution in [0.2, 0.25) is 0 Å². The summed E-state index contributed by atoms with van der Waals surface area (Å²) in [5, 5.41) is 19.1. The van der Waals surface area contributed by atoms with Gasteiger partial charge in [-0.2, -0.15) is 0 Å². The summed E-state index contributed by atoms with van der Waals surface area (Å²) in [5.41, 5.74) is -0.154. The number of aliphatic hydroxyl groups is 1. The van der Waals surface area contributed by atoms with E-state index in [1.54, 1.807) is 6.08 Å².